The molecule has 1 fully saturated rings. The largest absolute Gasteiger partial charge is 0.354 e. The van der Waals surface area contributed by atoms with Crippen LogP contribution in [0, 0.1) is 13.8 Å². The average Bonchev–Trinajstić information content (AvgIpc) is 3.38. The summed E-state index contributed by atoms with van der Waals surface area (Å²) in [4.78, 5) is 27.3. The van der Waals surface area contributed by atoms with Crippen molar-refractivity contribution in [2.24, 2.45) is 0 Å². The molecule has 0 aliphatic carbocycles. The highest BCUT2D eigenvalue weighted by Gasteiger charge is 2.24. The first kappa shape index (κ1) is 19.7. The van der Waals surface area contributed by atoms with Crippen molar-refractivity contribution in [3.05, 3.63) is 64.2 Å². The highest BCUT2D eigenvalue weighted by Crippen LogP contribution is 2.27. The molecule has 1 amide bonds. The van der Waals surface area contributed by atoms with Crippen LogP contribution in [0.3, 0.4) is 0 Å². The number of fused-ring (bicyclic) bond motifs is 1. The summed E-state index contributed by atoms with van der Waals surface area (Å²) in [6.45, 7) is 6.99. The number of rotatable bonds is 3. The van der Waals surface area contributed by atoms with Crippen molar-refractivity contribution in [3.63, 3.8) is 0 Å². The van der Waals surface area contributed by atoms with Crippen molar-refractivity contribution in [1.29, 1.82) is 0 Å². The molecule has 7 nitrogen and oxygen atoms in total. The molecule has 0 N–H and O–H groups in total. The van der Waals surface area contributed by atoms with Crippen LogP contribution in [-0.2, 0) is 0 Å². The Bertz CT molecular complexity index is 1220. The Morgan fingerprint density at radius 1 is 1.00 bits per heavy atom. The van der Waals surface area contributed by atoms with E-state index in [1.54, 1.807) is 0 Å². The van der Waals surface area contributed by atoms with Crippen molar-refractivity contribution < 1.29 is 4.79 Å². The van der Waals surface area contributed by atoms with Gasteiger partial charge in [0.05, 0.1) is 22.1 Å². The summed E-state index contributed by atoms with van der Waals surface area (Å²) < 4.78 is 1.87. The fraction of sp³-hybridized carbons (Fsp3) is 0.304. The third kappa shape index (κ3) is 3.79. The predicted octanol–water partition coefficient (Wildman–Crippen LogP) is 3.85. The maximum Gasteiger partial charge on any atom is 0.263 e. The smallest absolute Gasteiger partial charge is 0.263 e. The number of hydrogen-bond acceptors (Lipinski definition) is 6. The molecule has 1 saturated heterocycles. The van der Waals surface area contributed by atoms with Gasteiger partial charge in [0, 0.05) is 26.2 Å². The zero-order valence-electron chi connectivity index (χ0n) is 17.7. The molecule has 1 aliphatic rings. The molecular formula is C23H24N6OS. The van der Waals surface area contributed by atoms with Crippen LogP contribution in [0.25, 0.3) is 16.7 Å². The van der Waals surface area contributed by atoms with E-state index in [-0.39, 0.29) is 5.91 Å². The Morgan fingerprint density at radius 2 is 1.84 bits per heavy atom. The monoisotopic (exact) mass is 432 g/mol. The van der Waals surface area contributed by atoms with Gasteiger partial charge in [-0.1, -0.05) is 23.8 Å². The molecule has 4 aromatic rings. The standard InChI is InChI=1S/C23H24N6OS/c1-16-6-8-18(9-7-16)29-22-19(15-24-29)21(25-17(2)26-22)27-10-4-11-28(13-12-27)23(30)20-5-3-14-31-20/h3,5-9,14-15H,4,10-13H2,1-2H3. The molecule has 0 spiro atoms. The fourth-order valence-electron chi connectivity index (χ4n) is 4.00. The lowest BCUT2D eigenvalue weighted by atomic mass is 10.2. The van der Waals surface area contributed by atoms with Crippen LogP contribution in [0.1, 0.15) is 27.5 Å². The van der Waals surface area contributed by atoms with Gasteiger partial charge in [-0.2, -0.15) is 5.10 Å². The van der Waals surface area contributed by atoms with E-state index in [2.05, 4.69) is 46.2 Å². The van der Waals surface area contributed by atoms with Gasteiger partial charge < -0.3 is 9.80 Å². The lowest BCUT2D eigenvalue weighted by Crippen LogP contribution is -2.35. The van der Waals surface area contributed by atoms with Crippen LogP contribution in [0.4, 0.5) is 5.82 Å². The van der Waals surface area contributed by atoms with Gasteiger partial charge in [0.1, 0.15) is 11.6 Å². The third-order valence-corrected chi connectivity index (χ3v) is 6.47. The normalized spacial score (nSPS) is 14.8. The number of thiophene rings is 1. The van der Waals surface area contributed by atoms with Gasteiger partial charge in [-0.3, -0.25) is 4.79 Å². The Hall–Kier alpha value is -3.26. The SMILES string of the molecule is Cc1ccc(-n2ncc3c(N4CCCN(C(=O)c5cccs5)CC4)nc(C)nc32)cc1. The van der Waals surface area contributed by atoms with Crippen LogP contribution in [0.2, 0.25) is 0 Å². The minimum Gasteiger partial charge on any atom is -0.354 e. The van der Waals surface area contributed by atoms with E-state index in [0.717, 1.165) is 53.5 Å². The number of hydrogen-bond donors (Lipinski definition) is 0. The Balaban J connectivity index is 1.45. The zero-order valence-corrected chi connectivity index (χ0v) is 18.5. The molecule has 8 heteroatoms. The summed E-state index contributed by atoms with van der Waals surface area (Å²) in [5.41, 5.74) is 2.99. The van der Waals surface area contributed by atoms with Crippen molar-refractivity contribution in [1.82, 2.24) is 24.6 Å². The second kappa shape index (κ2) is 8.11. The maximum absolute atomic E-state index is 12.8. The molecule has 1 aromatic carbocycles. The van der Waals surface area contributed by atoms with Gasteiger partial charge in [0.2, 0.25) is 0 Å². The molecule has 0 unspecified atom stereocenters. The quantitative estimate of drug-likeness (QED) is 0.492. The molecule has 31 heavy (non-hydrogen) atoms. The van der Waals surface area contributed by atoms with E-state index in [9.17, 15) is 4.79 Å². The van der Waals surface area contributed by atoms with Gasteiger partial charge >= 0.3 is 0 Å². The van der Waals surface area contributed by atoms with E-state index < -0.39 is 0 Å². The highest BCUT2D eigenvalue weighted by molar-refractivity contribution is 7.12. The number of aromatic nitrogens is 4. The van der Waals surface area contributed by atoms with Gasteiger partial charge in [0.25, 0.3) is 5.91 Å². The molecule has 158 valence electrons. The first-order valence-electron chi connectivity index (χ1n) is 10.5. The first-order chi connectivity index (χ1) is 15.1. The number of carbonyl (C=O) groups is 1. The Labute approximate surface area is 185 Å². The summed E-state index contributed by atoms with van der Waals surface area (Å²) in [5.74, 6) is 1.73. The van der Waals surface area contributed by atoms with Gasteiger partial charge in [0.15, 0.2) is 5.65 Å². The molecule has 4 heterocycles. The molecule has 1 aliphatic heterocycles. The number of aryl methyl sites for hydroxylation is 2. The maximum atomic E-state index is 12.8. The molecule has 0 atom stereocenters. The van der Waals surface area contributed by atoms with Crippen LogP contribution >= 0.6 is 11.3 Å². The molecule has 0 radical (unpaired) electrons. The van der Waals surface area contributed by atoms with E-state index in [1.807, 2.05) is 40.2 Å². The minimum atomic E-state index is 0.119. The van der Waals surface area contributed by atoms with Crippen LogP contribution in [0.15, 0.2) is 48.0 Å². The van der Waals surface area contributed by atoms with E-state index in [0.29, 0.717) is 12.4 Å². The van der Waals surface area contributed by atoms with E-state index in [1.165, 1.54) is 16.9 Å². The lowest BCUT2D eigenvalue weighted by Gasteiger charge is -2.23. The second-order valence-corrected chi connectivity index (χ2v) is 8.78. The van der Waals surface area contributed by atoms with Crippen LogP contribution < -0.4 is 4.90 Å². The lowest BCUT2D eigenvalue weighted by molar-refractivity contribution is 0.0772. The van der Waals surface area contributed by atoms with Gasteiger partial charge in [-0.25, -0.2) is 14.6 Å². The van der Waals surface area contributed by atoms with Crippen LogP contribution in [-0.4, -0.2) is 56.7 Å². The highest BCUT2D eigenvalue weighted by atomic mass is 32.1. The van der Waals surface area contributed by atoms with Gasteiger partial charge in [-0.05, 0) is 43.8 Å². The summed E-state index contributed by atoms with van der Waals surface area (Å²) in [6.07, 6.45) is 2.75. The summed E-state index contributed by atoms with van der Waals surface area (Å²) in [5, 5.41) is 7.50. The van der Waals surface area contributed by atoms with Crippen molar-refractivity contribution in [3.8, 4) is 5.69 Å². The molecule has 5 rings (SSSR count). The summed E-state index contributed by atoms with van der Waals surface area (Å²) in [7, 11) is 0. The number of anilines is 1. The number of nitrogens with zero attached hydrogens (tertiary/aromatic N) is 6. The second-order valence-electron chi connectivity index (χ2n) is 7.83. The van der Waals surface area contributed by atoms with Gasteiger partial charge in [-0.15, -0.1) is 11.3 Å². The number of carbonyl (C=O) groups excluding carboxylic acids is 1. The minimum absolute atomic E-state index is 0.119. The third-order valence-electron chi connectivity index (χ3n) is 5.61. The van der Waals surface area contributed by atoms with Crippen molar-refractivity contribution in [2.75, 3.05) is 31.1 Å². The van der Waals surface area contributed by atoms with Crippen molar-refractivity contribution >= 4 is 34.1 Å². The van der Waals surface area contributed by atoms with E-state index >= 15 is 0 Å². The zero-order chi connectivity index (χ0) is 21.4. The number of amides is 1. The number of benzene rings is 1. The molecule has 0 bridgehead atoms. The Morgan fingerprint density at radius 3 is 2.61 bits per heavy atom. The average molecular weight is 433 g/mol. The topological polar surface area (TPSA) is 67.2 Å². The first-order valence-corrected chi connectivity index (χ1v) is 11.4. The molecule has 0 saturated carbocycles. The predicted molar refractivity (Wildman–Crippen MR) is 123 cm³/mol. The summed E-state index contributed by atoms with van der Waals surface area (Å²) in [6, 6.07) is 12.1. The van der Waals surface area contributed by atoms with E-state index in [4.69, 9.17) is 4.98 Å². The van der Waals surface area contributed by atoms with Crippen molar-refractivity contribution in [2.45, 2.75) is 20.3 Å². The summed E-state index contributed by atoms with van der Waals surface area (Å²) >= 11 is 1.50. The van der Waals surface area contributed by atoms with Crippen LogP contribution in [0.5, 0.6) is 0 Å². The molecular weight excluding hydrogens is 408 g/mol. The Kier molecular flexibility index (Phi) is 5.15. The molecule has 3 aromatic heterocycles. The fourth-order valence-corrected chi connectivity index (χ4v) is 4.69.